The number of alkyl halides is 3. The van der Waals surface area contributed by atoms with Crippen LogP contribution in [0, 0.1) is 0 Å². The normalized spacial score (nSPS) is 11.8. The van der Waals surface area contributed by atoms with Gasteiger partial charge in [-0.2, -0.15) is 18.3 Å². The predicted octanol–water partition coefficient (Wildman–Crippen LogP) is 3.69. The first-order valence-electron chi connectivity index (χ1n) is 6.92. The molecule has 1 aromatic carbocycles. The van der Waals surface area contributed by atoms with Crippen LogP contribution in [0.5, 0.6) is 0 Å². The van der Waals surface area contributed by atoms with Crippen LogP contribution in [0.1, 0.15) is 25.0 Å². The maximum Gasteiger partial charge on any atom is 0.389 e. The van der Waals surface area contributed by atoms with Crippen molar-refractivity contribution in [2.45, 2.75) is 32.0 Å². The molecule has 2 rings (SSSR count). The van der Waals surface area contributed by atoms with Crippen molar-refractivity contribution in [2.75, 3.05) is 6.54 Å². The topological polar surface area (TPSA) is 29.9 Å². The van der Waals surface area contributed by atoms with E-state index in [1.165, 1.54) is 0 Å². The highest BCUT2D eigenvalue weighted by atomic mass is 19.4. The summed E-state index contributed by atoms with van der Waals surface area (Å²) in [6.45, 7) is 1.13. The van der Waals surface area contributed by atoms with Gasteiger partial charge < -0.3 is 5.32 Å². The molecule has 0 spiro atoms. The minimum absolute atomic E-state index is 0.162. The van der Waals surface area contributed by atoms with Gasteiger partial charge in [0.1, 0.15) is 0 Å². The van der Waals surface area contributed by atoms with Crippen LogP contribution in [0.25, 0.3) is 5.69 Å². The van der Waals surface area contributed by atoms with E-state index in [2.05, 4.69) is 10.4 Å². The summed E-state index contributed by atoms with van der Waals surface area (Å²) in [5.41, 5.74) is 1.85. The molecule has 1 aromatic heterocycles. The Bertz CT molecular complexity index is 535. The average molecular weight is 297 g/mol. The molecule has 6 heteroatoms. The first-order chi connectivity index (χ1) is 10.0. The quantitative estimate of drug-likeness (QED) is 0.790. The minimum Gasteiger partial charge on any atom is -0.311 e. The molecule has 0 aliphatic heterocycles. The average Bonchev–Trinajstić information content (AvgIpc) is 2.91. The number of benzene rings is 1. The molecular formula is C15H18F3N3. The van der Waals surface area contributed by atoms with Crippen LogP contribution in [-0.2, 0) is 6.54 Å². The maximum atomic E-state index is 12.0. The van der Waals surface area contributed by atoms with Gasteiger partial charge in [-0.25, -0.2) is 4.68 Å². The minimum atomic E-state index is -4.05. The summed E-state index contributed by atoms with van der Waals surface area (Å²) in [5, 5.41) is 7.52. The predicted molar refractivity (Wildman–Crippen MR) is 75.2 cm³/mol. The Morgan fingerprint density at radius 2 is 1.81 bits per heavy atom. The van der Waals surface area contributed by atoms with Crippen molar-refractivity contribution in [3.8, 4) is 5.69 Å². The van der Waals surface area contributed by atoms with Gasteiger partial charge in [0.05, 0.1) is 11.4 Å². The number of nitrogens with one attached hydrogen (secondary N) is 1. The summed E-state index contributed by atoms with van der Waals surface area (Å²) >= 11 is 0. The zero-order valence-electron chi connectivity index (χ0n) is 11.6. The molecule has 2 aromatic rings. The lowest BCUT2D eigenvalue weighted by molar-refractivity contribution is -0.135. The highest BCUT2D eigenvalue weighted by Crippen LogP contribution is 2.21. The van der Waals surface area contributed by atoms with Crippen molar-refractivity contribution >= 4 is 0 Å². The Hall–Kier alpha value is -1.82. The lowest BCUT2D eigenvalue weighted by atomic mass is 10.2. The van der Waals surface area contributed by atoms with E-state index in [4.69, 9.17) is 0 Å². The zero-order chi connectivity index (χ0) is 15.1. The van der Waals surface area contributed by atoms with Gasteiger partial charge in [0.15, 0.2) is 0 Å². The van der Waals surface area contributed by atoms with Gasteiger partial charge in [0.25, 0.3) is 0 Å². The molecular weight excluding hydrogens is 279 g/mol. The van der Waals surface area contributed by atoms with E-state index in [1.807, 2.05) is 42.6 Å². The Morgan fingerprint density at radius 3 is 2.52 bits per heavy atom. The number of aromatic nitrogens is 2. The first-order valence-corrected chi connectivity index (χ1v) is 6.92. The second-order valence-corrected chi connectivity index (χ2v) is 4.84. The second-order valence-electron chi connectivity index (χ2n) is 4.84. The van der Waals surface area contributed by atoms with Crippen LogP contribution < -0.4 is 5.32 Å². The van der Waals surface area contributed by atoms with Crippen LogP contribution in [0.2, 0.25) is 0 Å². The molecule has 0 bridgehead atoms. The summed E-state index contributed by atoms with van der Waals surface area (Å²) in [4.78, 5) is 0. The standard InChI is InChI=1S/C15H18F3N3/c16-15(17,18)9-4-5-10-19-12-13-8-11-21(20-13)14-6-2-1-3-7-14/h1-3,6-8,11,19H,4-5,9-10,12H2. The third-order valence-electron chi connectivity index (χ3n) is 3.03. The third kappa shape index (κ3) is 5.59. The number of nitrogens with zero attached hydrogens (tertiary/aromatic N) is 2. The SMILES string of the molecule is FC(F)(F)CCCCNCc1ccn(-c2ccccc2)n1. The summed E-state index contributed by atoms with van der Waals surface area (Å²) in [5.74, 6) is 0. The van der Waals surface area contributed by atoms with Crippen LogP contribution in [-0.4, -0.2) is 22.5 Å². The third-order valence-corrected chi connectivity index (χ3v) is 3.03. The van der Waals surface area contributed by atoms with Crippen molar-refractivity contribution in [3.63, 3.8) is 0 Å². The number of halogens is 3. The molecule has 0 saturated carbocycles. The first kappa shape index (κ1) is 15.6. The fourth-order valence-electron chi connectivity index (χ4n) is 1.97. The monoisotopic (exact) mass is 297 g/mol. The van der Waals surface area contributed by atoms with Gasteiger partial charge in [0.2, 0.25) is 0 Å². The molecule has 1 N–H and O–H groups in total. The number of hydrogen-bond donors (Lipinski definition) is 1. The number of rotatable bonds is 7. The van der Waals surface area contributed by atoms with Crippen LogP contribution in [0.3, 0.4) is 0 Å². The maximum absolute atomic E-state index is 12.0. The molecule has 21 heavy (non-hydrogen) atoms. The van der Waals surface area contributed by atoms with E-state index < -0.39 is 12.6 Å². The van der Waals surface area contributed by atoms with Crippen molar-refractivity contribution in [1.82, 2.24) is 15.1 Å². The number of hydrogen-bond acceptors (Lipinski definition) is 2. The second kappa shape index (κ2) is 7.26. The van der Waals surface area contributed by atoms with E-state index in [1.54, 1.807) is 4.68 Å². The van der Waals surface area contributed by atoms with Crippen molar-refractivity contribution in [1.29, 1.82) is 0 Å². The van der Waals surface area contributed by atoms with Gasteiger partial charge >= 0.3 is 6.18 Å². The van der Waals surface area contributed by atoms with Crippen LogP contribution >= 0.6 is 0 Å². The lowest BCUT2D eigenvalue weighted by Gasteiger charge is -2.06. The summed E-state index contributed by atoms with van der Waals surface area (Å²) in [6.07, 6.45) is -2.21. The van der Waals surface area contributed by atoms with Crippen molar-refractivity contribution in [3.05, 3.63) is 48.3 Å². The lowest BCUT2D eigenvalue weighted by Crippen LogP contribution is -2.16. The van der Waals surface area contributed by atoms with E-state index in [0.29, 0.717) is 19.5 Å². The van der Waals surface area contributed by atoms with Gasteiger partial charge in [-0.05, 0) is 37.6 Å². The van der Waals surface area contributed by atoms with Crippen LogP contribution in [0.4, 0.5) is 13.2 Å². The van der Waals surface area contributed by atoms with E-state index in [-0.39, 0.29) is 6.42 Å². The molecule has 114 valence electrons. The number of unbranched alkanes of at least 4 members (excludes halogenated alkanes) is 1. The summed E-state index contributed by atoms with van der Waals surface area (Å²) < 4.78 is 37.7. The molecule has 0 saturated heterocycles. The molecule has 0 radical (unpaired) electrons. The smallest absolute Gasteiger partial charge is 0.311 e. The van der Waals surface area contributed by atoms with E-state index >= 15 is 0 Å². The van der Waals surface area contributed by atoms with Crippen LogP contribution in [0.15, 0.2) is 42.6 Å². The molecule has 0 amide bonds. The zero-order valence-corrected chi connectivity index (χ0v) is 11.6. The fraction of sp³-hybridized carbons (Fsp3) is 0.400. The Balaban J connectivity index is 1.69. The largest absolute Gasteiger partial charge is 0.389 e. The highest BCUT2D eigenvalue weighted by Gasteiger charge is 2.25. The fourth-order valence-corrected chi connectivity index (χ4v) is 1.97. The van der Waals surface area contributed by atoms with Gasteiger partial charge in [-0.1, -0.05) is 18.2 Å². The summed E-state index contributed by atoms with van der Waals surface area (Å²) in [6, 6.07) is 11.6. The molecule has 0 aliphatic carbocycles. The molecule has 0 aliphatic rings. The molecule has 1 heterocycles. The van der Waals surface area contributed by atoms with E-state index in [0.717, 1.165) is 11.4 Å². The molecule has 0 fully saturated rings. The van der Waals surface area contributed by atoms with Crippen molar-refractivity contribution in [2.24, 2.45) is 0 Å². The number of para-hydroxylation sites is 1. The van der Waals surface area contributed by atoms with Gasteiger partial charge in [0, 0.05) is 19.2 Å². The Kier molecular flexibility index (Phi) is 5.38. The molecule has 0 atom stereocenters. The molecule has 0 unspecified atom stereocenters. The van der Waals surface area contributed by atoms with Crippen molar-refractivity contribution < 1.29 is 13.2 Å². The molecule has 3 nitrogen and oxygen atoms in total. The highest BCUT2D eigenvalue weighted by molar-refractivity contribution is 5.30. The van der Waals surface area contributed by atoms with Gasteiger partial charge in [-0.15, -0.1) is 0 Å². The van der Waals surface area contributed by atoms with Gasteiger partial charge in [-0.3, -0.25) is 0 Å². The Morgan fingerprint density at radius 1 is 1.05 bits per heavy atom. The Labute approximate surface area is 121 Å². The van der Waals surface area contributed by atoms with E-state index in [9.17, 15) is 13.2 Å². The summed E-state index contributed by atoms with van der Waals surface area (Å²) in [7, 11) is 0.